The van der Waals surface area contributed by atoms with Crippen LogP contribution < -0.4 is 0 Å². The zero-order valence-corrected chi connectivity index (χ0v) is 26.6. The van der Waals surface area contributed by atoms with Gasteiger partial charge in [0.15, 0.2) is 0 Å². The topological polar surface area (TPSA) is 0 Å². The lowest BCUT2D eigenvalue weighted by atomic mass is 9.79. The van der Waals surface area contributed by atoms with E-state index in [9.17, 15) is 0 Å². The lowest BCUT2D eigenvalue weighted by molar-refractivity contribution is 0.660. The van der Waals surface area contributed by atoms with E-state index < -0.39 is 0 Å². The van der Waals surface area contributed by atoms with Gasteiger partial charge in [0.25, 0.3) is 0 Å². The lowest BCUT2D eigenvalue weighted by Gasteiger charge is -2.24. The van der Waals surface area contributed by atoms with E-state index in [0.717, 1.165) is 0 Å². The van der Waals surface area contributed by atoms with Crippen LogP contribution in [-0.4, -0.2) is 0 Å². The van der Waals surface area contributed by atoms with Crippen molar-refractivity contribution in [1.82, 2.24) is 0 Å². The van der Waals surface area contributed by atoms with Gasteiger partial charge < -0.3 is 0 Å². The van der Waals surface area contributed by atoms with E-state index in [1.54, 1.807) is 0 Å². The molecule has 2 aliphatic rings. The molecule has 0 spiro atoms. The van der Waals surface area contributed by atoms with Gasteiger partial charge in [-0.3, -0.25) is 0 Å². The summed E-state index contributed by atoms with van der Waals surface area (Å²) in [5, 5.41) is 5.25. The summed E-state index contributed by atoms with van der Waals surface area (Å²) in [4.78, 5) is 0. The Bertz CT molecular complexity index is 2380. The average molecular weight is 577 g/mol. The van der Waals surface area contributed by atoms with Crippen molar-refractivity contribution in [2.45, 2.75) is 45.4 Å². The van der Waals surface area contributed by atoms with Crippen molar-refractivity contribution >= 4 is 21.5 Å². The Morgan fingerprint density at radius 1 is 0.356 bits per heavy atom. The zero-order chi connectivity index (χ0) is 30.7. The summed E-state index contributed by atoms with van der Waals surface area (Å²) in [6.45, 7) is 11.7. The van der Waals surface area contributed by atoms with Gasteiger partial charge in [0.05, 0.1) is 0 Å². The van der Waals surface area contributed by atoms with E-state index in [1.165, 1.54) is 93.9 Å². The van der Waals surface area contributed by atoms with Gasteiger partial charge >= 0.3 is 0 Å². The average Bonchev–Trinajstić information content (AvgIpc) is 3.43. The molecular formula is C45H36. The molecule has 2 aliphatic carbocycles. The molecule has 0 saturated heterocycles. The van der Waals surface area contributed by atoms with Crippen LogP contribution >= 0.6 is 0 Å². The molecule has 0 unspecified atom stereocenters. The van der Waals surface area contributed by atoms with Crippen LogP contribution in [0.5, 0.6) is 0 Å². The maximum Gasteiger partial charge on any atom is 0.0159 e. The van der Waals surface area contributed by atoms with Crippen molar-refractivity contribution in [3.05, 3.63) is 155 Å². The molecule has 0 saturated carbocycles. The summed E-state index contributed by atoms with van der Waals surface area (Å²) in [6, 6.07) is 48.3. The summed E-state index contributed by atoms with van der Waals surface area (Å²) in [6.07, 6.45) is 0. The van der Waals surface area contributed by atoms with Gasteiger partial charge in [-0.2, -0.15) is 0 Å². The highest BCUT2D eigenvalue weighted by Crippen LogP contribution is 2.55. The van der Waals surface area contributed by atoms with Crippen LogP contribution in [0.1, 0.15) is 55.5 Å². The van der Waals surface area contributed by atoms with Crippen LogP contribution in [0.4, 0.5) is 0 Å². The molecule has 0 nitrogen and oxygen atoms in total. The Labute approximate surface area is 266 Å². The molecule has 216 valence electrons. The Kier molecular flexibility index (Phi) is 5.32. The van der Waals surface area contributed by atoms with Crippen molar-refractivity contribution in [2.75, 3.05) is 0 Å². The molecule has 7 aromatic carbocycles. The Morgan fingerprint density at radius 3 is 1.69 bits per heavy atom. The fourth-order valence-corrected chi connectivity index (χ4v) is 8.72. The number of aryl methyl sites for hydroxylation is 1. The van der Waals surface area contributed by atoms with E-state index in [-0.39, 0.29) is 10.8 Å². The first-order valence-corrected chi connectivity index (χ1v) is 16.2. The predicted molar refractivity (Wildman–Crippen MR) is 192 cm³/mol. The number of fused-ring (bicyclic) bond motifs is 8. The fraction of sp³-hybridized carbons (Fsp3) is 0.156. The highest BCUT2D eigenvalue weighted by atomic mass is 14.4. The Hall–Kier alpha value is -4.94. The molecule has 0 atom stereocenters. The van der Waals surface area contributed by atoms with Crippen LogP contribution in [0.25, 0.3) is 66.1 Å². The number of rotatable bonds is 2. The lowest BCUT2D eigenvalue weighted by Crippen LogP contribution is -2.14. The summed E-state index contributed by atoms with van der Waals surface area (Å²) in [5.74, 6) is 0. The second-order valence-electron chi connectivity index (χ2n) is 14.2. The third kappa shape index (κ3) is 3.49. The molecule has 0 N–H and O–H groups in total. The van der Waals surface area contributed by atoms with E-state index in [0.29, 0.717) is 0 Å². The monoisotopic (exact) mass is 576 g/mol. The fourth-order valence-electron chi connectivity index (χ4n) is 8.72. The van der Waals surface area contributed by atoms with Gasteiger partial charge in [-0.1, -0.05) is 155 Å². The van der Waals surface area contributed by atoms with Crippen molar-refractivity contribution in [2.24, 2.45) is 0 Å². The van der Waals surface area contributed by atoms with Crippen molar-refractivity contribution in [3.63, 3.8) is 0 Å². The van der Waals surface area contributed by atoms with Crippen LogP contribution in [0, 0.1) is 6.92 Å². The third-order valence-electron chi connectivity index (χ3n) is 10.9. The molecule has 0 radical (unpaired) electrons. The predicted octanol–water partition coefficient (Wildman–Crippen LogP) is 12.2. The van der Waals surface area contributed by atoms with Crippen LogP contribution in [0.15, 0.2) is 127 Å². The van der Waals surface area contributed by atoms with Crippen molar-refractivity contribution < 1.29 is 0 Å². The molecule has 0 aromatic heterocycles. The molecule has 0 heterocycles. The molecule has 0 heteroatoms. The summed E-state index contributed by atoms with van der Waals surface area (Å²) >= 11 is 0. The molecule has 9 rings (SSSR count). The molecule has 7 aromatic rings. The van der Waals surface area contributed by atoms with Crippen molar-refractivity contribution in [3.8, 4) is 44.5 Å². The first kappa shape index (κ1) is 26.5. The molecule has 0 fully saturated rings. The van der Waals surface area contributed by atoms with Crippen LogP contribution in [0.2, 0.25) is 0 Å². The van der Waals surface area contributed by atoms with Crippen LogP contribution in [0.3, 0.4) is 0 Å². The second kappa shape index (κ2) is 9.05. The summed E-state index contributed by atoms with van der Waals surface area (Å²) in [7, 11) is 0. The van der Waals surface area contributed by atoms with E-state index in [2.05, 4.69) is 162 Å². The largest absolute Gasteiger partial charge is 0.0619 e. The maximum atomic E-state index is 2.48. The third-order valence-corrected chi connectivity index (χ3v) is 10.9. The first-order valence-electron chi connectivity index (χ1n) is 16.2. The van der Waals surface area contributed by atoms with Gasteiger partial charge in [-0.05, 0) is 101 Å². The van der Waals surface area contributed by atoms with Gasteiger partial charge in [0, 0.05) is 10.8 Å². The minimum atomic E-state index is -0.0468. The van der Waals surface area contributed by atoms with Crippen molar-refractivity contribution in [1.29, 1.82) is 0 Å². The van der Waals surface area contributed by atoms with Gasteiger partial charge in [-0.25, -0.2) is 0 Å². The van der Waals surface area contributed by atoms with Gasteiger partial charge in [-0.15, -0.1) is 0 Å². The Morgan fingerprint density at radius 2 is 0.911 bits per heavy atom. The maximum absolute atomic E-state index is 2.48. The number of hydrogen-bond donors (Lipinski definition) is 0. The number of benzene rings is 7. The molecule has 0 amide bonds. The highest BCUT2D eigenvalue weighted by molar-refractivity contribution is 6.23. The normalized spacial score (nSPS) is 15.1. The summed E-state index contributed by atoms with van der Waals surface area (Å²) < 4.78 is 0. The van der Waals surface area contributed by atoms with E-state index in [1.807, 2.05) is 0 Å². The van der Waals surface area contributed by atoms with Gasteiger partial charge in [0.1, 0.15) is 0 Å². The molecular weight excluding hydrogens is 540 g/mol. The highest BCUT2D eigenvalue weighted by Gasteiger charge is 2.38. The minimum Gasteiger partial charge on any atom is -0.0619 e. The van der Waals surface area contributed by atoms with Gasteiger partial charge in [0.2, 0.25) is 0 Å². The van der Waals surface area contributed by atoms with E-state index in [4.69, 9.17) is 0 Å². The standard InChI is InChI=1S/C45H36/c1-27-21-23-33-36(25-27)42(35-17-12-20-39-43(35)34-16-9-11-19-38(34)44(39,2)3)32-15-7-6-14-31(32)41(33)28-22-24-30-29-13-8-10-18-37(29)45(4,5)40(30)26-28/h6-26H,1-5H3. The SMILES string of the molecule is Cc1ccc2c(-c3ccc4c(c3)C(C)(C)c3ccccc3-4)c3ccccc3c(-c3cccc4c3-c3ccccc3C4(C)C)c2c1. The Balaban J connectivity index is 1.38. The molecule has 45 heavy (non-hydrogen) atoms. The van der Waals surface area contributed by atoms with E-state index >= 15 is 0 Å². The smallest absolute Gasteiger partial charge is 0.0159 e. The first-order chi connectivity index (χ1) is 21.8. The number of hydrogen-bond acceptors (Lipinski definition) is 0. The minimum absolute atomic E-state index is 0.0435. The zero-order valence-electron chi connectivity index (χ0n) is 26.6. The van der Waals surface area contributed by atoms with Crippen LogP contribution in [-0.2, 0) is 10.8 Å². The molecule has 0 bridgehead atoms. The molecule has 0 aliphatic heterocycles. The summed E-state index contributed by atoms with van der Waals surface area (Å²) in [5.41, 5.74) is 17.6. The quantitative estimate of drug-likeness (QED) is 0.180. The second-order valence-corrected chi connectivity index (χ2v) is 14.2.